The minimum atomic E-state index is -3.52. The number of benzene rings is 2. The minimum absolute atomic E-state index is 0.193. The summed E-state index contributed by atoms with van der Waals surface area (Å²) in [6.45, 7) is 4.87. The van der Waals surface area contributed by atoms with Gasteiger partial charge in [-0.15, -0.1) is 11.3 Å². The predicted octanol–water partition coefficient (Wildman–Crippen LogP) is 3.81. The maximum atomic E-state index is 12.5. The molecule has 3 rings (SSSR count). The molecule has 0 saturated heterocycles. The van der Waals surface area contributed by atoms with E-state index in [1.165, 1.54) is 16.4 Å². The van der Waals surface area contributed by atoms with Crippen molar-refractivity contribution in [3.63, 3.8) is 0 Å². The second-order valence-corrected chi connectivity index (χ2v) is 9.43. The number of carbonyl (C=O) groups excluding carboxylic acids is 1. The summed E-state index contributed by atoms with van der Waals surface area (Å²) in [4.78, 5) is 17.2. The van der Waals surface area contributed by atoms with Crippen molar-refractivity contribution in [2.24, 2.45) is 0 Å². The van der Waals surface area contributed by atoms with Gasteiger partial charge in [0.1, 0.15) is 5.01 Å². The number of rotatable bonds is 9. The quantitative estimate of drug-likeness (QED) is 0.545. The van der Waals surface area contributed by atoms with E-state index in [4.69, 9.17) is 0 Å². The van der Waals surface area contributed by atoms with Crippen LogP contribution in [-0.4, -0.2) is 43.2 Å². The third-order valence-electron chi connectivity index (χ3n) is 4.70. The molecule has 1 heterocycles. The maximum absolute atomic E-state index is 12.5. The number of sulfonamides is 1. The van der Waals surface area contributed by atoms with Crippen LogP contribution in [0.25, 0.3) is 10.6 Å². The molecule has 3 aromatic rings. The van der Waals surface area contributed by atoms with Crippen molar-refractivity contribution in [2.75, 3.05) is 19.6 Å². The largest absolute Gasteiger partial charge is 0.352 e. The van der Waals surface area contributed by atoms with Crippen LogP contribution in [0.1, 0.15) is 29.9 Å². The van der Waals surface area contributed by atoms with Gasteiger partial charge >= 0.3 is 0 Å². The zero-order valence-electron chi connectivity index (χ0n) is 17.0. The predicted molar refractivity (Wildman–Crippen MR) is 120 cm³/mol. The molecule has 0 aliphatic carbocycles. The van der Waals surface area contributed by atoms with Gasteiger partial charge in [-0.2, -0.15) is 4.31 Å². The van der Waals surface area contributed by atoms with E-state index in [0.29, 0.717) is 31.6 Å². The Balaban J connectivity index is 1.56. The Bertz CT molecular complexity index is 1070. The van der Waals surface area contributed by atoms with Gasteiger partial charge in [0.15, 0.2) is 0 Å². The van der Waals surface area contributed by atoms with Crippen molar-refractivity contribution in [1.82, 2.24) is 14.6 Å². The Labute approximate surface area is 181 Å². The molecule has 6 nitrogen and oxygen atoms in total. The number of hydrogen-bond donors (Lipinski definition) is 1. The topological polar surface area (TPSA) is 79.4 Å². The van der Waals surface area contributed by atoms with Crippen molar-refractivity contribution >= 4 is 27.3 Å². The number of thiazole rings is 1. The van der Waals surface area contributed by atoms with Crippen LogP contribution in [0.4, 0.5) is 0 Å². The lowest BCUT2D eigenvalue weighted by atomic mass is 10.2. The SMILES string of the molecule is CCN(CC)S(=O)(=O)c1ccc(C(=O)NCCc2csc(-c3ccccc3)n2)cc1. The Morgan fingerprint density at radius 2 is 1.70 bits per heavy atom. The van der Waals surface area contributed by atoms with Gasteiger partial charge in [0.25, 0.3) is 5.91 Å². The molecule has 0 fully saturated rings. The fourth-order valence-electron chi connectivity index (χ4n) is 3.03. The summed E-state index contributed by atoms with van der Waals surface area (Å²) in [5, 5.41) is 5.83. The highest BCUT2D eigenvalue weighted by molar-refractivity contribution is 7.89. The Morgan fingerprint density at radius 3 is 2.33 bits per heavy atom. The van der Waals surface area contributed by atoms with Gasteiger partial charge < -0.3 is 5.32 Å². The molecule has 0 bridgehead atoms. The van der Waals surface area contributed by atoms with E-state index < -0.39 is 10.0 Å². The smallest absolute Gasteiger partial charge is 0.251 e. The first-order chi connectivity index (χ1) is 14.5. The van der Waals surface area contributed by atoms with Gasteiger partial charge in [0.2, 0.25) is 10.0 Å². The Hall–Kier alpha value is -2.55. The molecule has 0 radical (unpaired) electrons. The second kappa shape index (κ2) is 9.97. The van der Waals surface area contributed by atoms with Gasteiger partial charge in [-0.05, 0) is 24.3 Å². The summed E-state index contributed by atoms with van der Waals surface area (Å²) in [7, 11) is -3.52. The summed E-state index contributed by atoms with van der Waals surface area (Å²) in [5.74, 6) is -0.236. The van der Waals surface area contributed by atoms with Gasteiger partial charge in [-0.1, -0.05) is 44.2 Å². The zero-order valence-corrected chi connectivity index (χ0v) is 18.7. The van der Waals surface area contributed by atoms with Crippen molar-refractivity contribution in [3.05, 3.63) is 71.2 Å². The van der Waals surface area contributed by atoms with Gasteiger partial charge in [-0.3, -0.25) is 4.79 Å². The van der Waals surface area contributed by atoms with Crippen LogP contribution in [0.2, 0.25) is 0 Å². The maximum Gasteiger partial charge on any atom is 0.251 e. The molecule has 1 amide bonds. The summed E-state index contributed by atoms with van der Waals surface area (Å²) in [6, 6.07) is 16.0. The van der Waals surface area contributed by atoms with Crippen LogP contribution in [0.3, 0.4) is 0 Å². The molecule has 0 unspecified atom stereocenters. The molecule has 2 aromatic carbocycles. The van der Waals surface area contributed by atoms with Crippen LogP contribution in [-0.2, 0) is 16.4 Å². The third kappa shape index (κ3) is 5.13. The first-order valence-corrected chi connectivity index (χ1v) is 12.2. The van der Waals surface area contributed by atoms with Crippen molar-refractivity contribution in [3.8, 4) is 10.6 Å². The molecule has 30 heavy (non-hydrogen) atoms. The molecule has 158 valence electrons. The average molecular weight is 444 g/mol. The summed E-state index contributed by atoms with van der Waals surface area (Å²) < 4.78 is 26.4. The van der Waals surface area contributed by atoms with Crippen LogP contribution in [0, 0.1) is 0 Å². The molecule has 0 aliphatic rings. The van der Waals surface area contributed by atoms with E-state index in [-0.39, 0.29) is 10.8 Å². The Morgan fingerprint density at radius 1 is 1.03 bits per heavy atom. The second-order valence-electron chi connectivity index (χ2n) is 6.63. The van der Waals surface area contributed by atoms with E-state index in [0.717, 1.165) is 16.3 Å². The summed E-state index contributed by atoms with van der Waals surface area (Å²) >= 11 is 1.58. The lowest BCUT2D eigenvalue weighted by Crippen LogP contribution is -2.30. The number of amides is 1. The molecule has 1 N–H and O–H groups in total. The molecule has 0 saturated carbocycles. The van der Waals surface area contributed by atoms with Crippen molar-refractivity contribution in [2.45, 2.75) is 25.2 Å². The zero-order chi connectivity index (χ0) is 21.6. The first-order valence-electron chi connectivity index (χ1n) is 9.84. The fraction of sp³-hybridized carbons (Fsp3) is 0.273. The van der Waals surface area contributed by atoms with Gasteiger partial charge in [0.05, 0.1) is 10.6 Å². The molecule has 1 aromatic heterocycles. The monoisotopic (exact) mass is 443 g/mol. The standard InChI is InChI=1S/C22H25N3O3S2/c1-3-25(4-2)30(27,28)20-12-10-17(11-13-20)21(26)23-15-14-19-16-29-22(24-19)18-8-6-5-7-9-18/h5-13,16H,3-4,14-15H2,1-2H3,(H,23,26). The Kier molecular flexibility index (Phi) is 7.36. The van der Waals surface area contributed by atoms with Gasteiger partial charge in [0, 0.05) is 42.6 Å². The molecule has 8 heteroatoms. The average Bonchev–Trinajstić information content (AvgIpc) is 3.24. The highest BCUT2D eigenvalue weighted by Gasteiger charge is 2.21. The van der Waals surface area contributed by atoms with Crippen LogP contribution in [0.5, 0.6) is 0 Å². The van der Waals surface area contributed by atoms with E-state index in [1.807, 2.05) is 35.7 Å². The number of hydrogen-bond acceptors (Lipinski definition) is 5. The minimum Gasteiger partial charge on any atom is -0.352 e. The van der Waals surface area contributed by atoms with E-state index in [2.05, 4.69) is 10.3 Å². The lowest BCUT2D eigenvalue weighted by Gasteiger charge is -2.18. The summed E-state index contributed by atoms with van der Waals surface area (Å²) in [5.41, 5.74) is 2.44. The van der Waals surface area contributed by atoms with Crippen LogP contribution < -0.4 is 5.32 Å². The van der Waals surface area contributed by atoms with Crippen molar-refractivity contribution < 1.29 is 13.2 Å². The normalized spacial score (nSPS) is 11.6. The number of carbonyl (C=O) groups is 1. The first kappa shape index (κ1) is 22.1. The van der Waals surface area contributed by atoms with E-state index in [1.54, 1.807) is 37.3 Å². The highest BCUT2D eigenvalue weighted by Crippen LogP contribution is 2.23. The van der Waals surface area contributed by atoms with Crippen LogP contribution in [0.15, 0.2) is 64.9 Å². The molecule has 0 aliphatic heterocycles. The molecule has 0 spiro atoms. The van der Waals surface area contributed by atoms with Crippen LogP contribution >= 0.6 is 11.3 Å². The number of aromatic nitrogens is 1. The van der Waals surface area contributed by atoms with E-state index in [9.17, 15) is 13.2 Å². The number of nitrogens with one attached hydrogen (secondary N) is 1. The molecular weight excluding hydrogens is 418 g/mol. The van der Waals surface area contributed by atoms with E-state index >= 15 is 0 Å². The summed E-state index contributed by atoms with van der Waals surface area (Å²) in [6.07, 6.45) is 0.628. The fourth-order valence-corrected chi connectivity index (χ4v) is 5.35. The molecule has 0 atom stereocenters. The van der Waals surface area contributed by atoms with Gasteiger partial charge in [-0.25, -0.2) is 13.4 Å². The highest BCUT2D eigenvalue weighted by atomic mass is 32.2. The third-order valence-corrected chi connectivity index (χ3v) is 7.70. The van der Waals surface area contributed by atoms with Crippen molar-refractivity contribution in [1.29, 1.82) is 0 Å². The lowest BCUT2D eigenvalue weighted by molar-refractivity contribution is 0.0954. The molecular formula is C22H25N3O3S2. The number of nitrogens with zero attached hydrogens (tertiary/aromatic N) is 2.